The number of urea groups is 1. The second kappa shape index (κ2) is 6.48. The van der Waals surface area contributed by atoms with E-state index in [1.165, 1.54) is 18.3 Å². The van der Waals surface area contributed by atoms with Gasteiger partial charge in [0.25, 0.3) is 11.8 Å². The van der Waals surface area contributed by atoms with Gasteiger partial charge in [-0.25, -0.2) is 15.0 Å². The Balaban J connectivity index is 2.07. The van der Waals surface area contributed by atoms with E-state index in [9.17, 15) is 19.2 Å². The Hall–Kier alpha value is -3.23. The molecule has 9 heteroatoms. The van der Waals surface area contributed by atoms with Crippen LogP contribution >= 0.6 is 0 Å². The van der Waals surface area contributed by atoms with Crippen molar-refractivity contribution in [3.05, 3.63) is 35.4 Å². The van der Waals surface area contributed by atoms with E-state index < -0.39 is 23.8 Å². The van der Waals surface area contributed by atoms with Crippen LogP contribution in [0.25, 0.3) is 0 Å². The summed E-state index contributed by atoms with van der Waals surface area (Å²) in [5, 5.41) is 4.02. The van der Waals surface area contributed by atoms with Crippen molar-refractivity contribution < 1.29 is 24.0 Å². The fraction of sp³-hybridized carbons (Fsp3) is 0.154. The molecule has 0 bridgehead atoms. The van der Waals surface area contributed by atoms with Crippen LogP contribution in [0.2, 0.25) is 0 Å². The van der Waals surface area contributed by atoms with Crippen LogP contribution in [0.4, 0.5) is 4.79 Å². The maximum absolute atomic E-state index is 11.9. The highest BCUT2D eigenvalue weighted by Gasteiger charge is 2.33. The number of benzene rings is 1. The molecule has 114 valence electrons. The Bertz CT molecular complexity index is 654. The molecule has 1 aromatic carbocycles. The number of primary amides is 1. The molecule has 1 heterocycles. The van der Waals surface area contributed by atoms with Crippen LogP contribution in [0.1, 0.15) is 28.8 Å². The van der Waals surface area contributed by atoms with Gasteiger partial charge in [0.1, 0.15) is 0 Å². The summed E-state index contributed by atoms with van der Waals surface area (Å²) < 4.78 is 0. The van der Waals surface area contributed by atoms with E-state index in [1.54, 1.807) is 12.1 Å². The fourth-order valence-corrected chi connectivity index (χ4v) is 1.71. The van der Waals surface area contributed by atoms with Crippen molar-refractivity contribution >= 4 is 30.0 Å². The molecule has 1 fully saturated rings. The predicted octanol–water partition coefficient (Wildman–Crippen LogP) is -0.0904. The molecule has 22 heavy (non-hydrogen) atoms. The minimum Gasteiger partial charge on any atom is -0.350 e. The highest BCUT2D eigenvalue weighted by atomic mass is 16.7. The number of rotatable bonds is 4. The van der Waals surface area contributed by atoms with Gasteiger partial charge in [-0.15, -0.1) is 5.06 Å². The SMILES string of the molecule is NC(=O)NN=Cc1cccc(C(=O)ON2C(=O)CCC2=O)c1. The number of carbonyl (C=O) groups excluding carboxylic acids is 4. The topological polar surface area (TPSA) is 131 Å². The summed E-state index contributed by atoms with van der Waals surface area (Å²) in [5.74, 6) is -1.95. The van der Waals surface area contributed by atoms with Gasteiger partial charge in [0.05, 0.1) is 11.8 Å². The summed E-state index contributed by atoms with van der Waals surface area (Å²) >= 11 is 0. The number of carbonyl (C=O) groups is 4. The number of amides is 4. The molecule has 1 aliphatic heterocycles. The second-order valence-electron chi connectivity index (χ2n) is 4.32. The van der Waals surface area contributed by atoms with Crippen LogP contribution in [0.3, 0.4) is 0 Å². The van der Waals surface area contributed by atoms with Gasteiger partial charge >= 0.3 is 12.0 Å². The normalized spacial score (nSPS) is 14.5. The molecule has 0 aliphatic carbocycles. The quantitative estimate of drug-likeness (QED) is 0.456. The Kier molecular flexibility index (Phi) is 4.47. The van der Waals surface area contributed by atoms with Gasteiger partial charge in [-0.2, -0.15) is 5.10 Å². The molecule has 0 atom stereocenters. The number of hydrazone groups is 1. The minimum atomic E-state index is -0.846. The van der Waals surface area contributed by atoms with Crippen molar-refractivity contribution in [3.63, 3.8) is 0 Å². The molecule has 1 aromatic rings. The maximum atomic E-state index is 11.9. The number of nitrogens with two attached hydrogens (primary N) is 1. The summed E-state index contributed by atoms with van der Waals surface area (Å²) in [4.78, 5) is 49.9. The van der Waals surface area contributed by atoms with Crippen molar-refractivity contribution in [3.8, 4) is 0 Å². The van der Waals surface area contributed by atoms with E-state index in [0.717, 1.165) is 0 Å². The smallest absolute Gasteiger partial charge is 0.350 e. The predicted molar refractivity (Wildman–Crippen MR) is 73.3 cm³/mol. The summed E-state index contributed by atoms with van der Waals surface area (Å²) in [5.41, 5.74) is 7.46. The molecule has 3 N–H and O–H groups in total. The van der Waals surface area contributed by atoms with E-state index in [1.807, 2.05) is 5.43 Å². The van der Waals surface area contributed by atoms with Gasteiger partial charge in [0, 0.05) is 12.8 Å². The van der Waals surface area contributed by atoms with Crippen LogP contribution in [0, 0.1) is 0 Å². The number of nitrogens with one attached hydrogen (secondary N) is 1. The number of hydrogen-bond acceptors (Lipinski definition) is 6. The highest BCUT2D eigenvalue weighted by molar-refractivity contribution is 6.03. The Morgan fingerprint density at radius 2 is 1.95 bits per heavy atom. The molecule has 4 amide bonds. The molecule has 0 radical (unpaired) electrons. The Labute approximate surface area is 124 Å². The first kappa shape index (κ1) is 15.2. The van der Waals surface area contributed by atoms with Crippen LogP contribution in [-0.2, 0) is 14.4 Å². The number of imide groups is 1. The zero-order valence-electron chi connectivity index (χ0n) is 11.3. The zero-order chi connectivity index (χ0) is 16.1. The third-order valence-corrected chi connectivity index (χ3v) is 2.69. The lowest BCUT2D eigenvalue weighted by molar-refractivity contribution is -0.172. The molecule has 0 unspecified atom stereocenters. The number of nitrogens with zero attached hydrogens (tertiary/aromatic N) is 2. The monoisotopic (exact) mass is 304 g/mol. The third-order valence-electron chi connectivity index (χ3n) is 2.69. The van der Waals surface area contributed by atoms with Gasteiger partial charge in [0.2, 0.25) is 0 Å². The maximum Gasteiger partial charge on any atom is 0.363 e. The van der Waals surface area contributed by atoms with E-state index >= 15 is 0 Å². The third kappa shape index (κ3) is 3.66. The van der Waals surface area contributed by atoms with Crippen molar-refractivity contribution in [2.75, 3.05) is 0 Å². The fourth-order valence-electron chi connectivity index (χ4n) is 1.71. The molecular weight excluding hydrogens is 292 g/mol. The van der Waals surface area contributed by atoms with E-state index in [-0.39, 0.29) is 18.4 Å². The molecule has 2 rings (SSSR count). The Morgan fingerprint density at radius 1 is 1.27 bits per heavy atom. The van der Waals surface area contributed by atoms with Crippen LogP contribution < -0.4 is 11.2 Å². The summed E-state index contributed by atoms with van der Waals surface area (Å²) in [6.07, 6.45) is 1.32. The van der Waals surface area contributed by atoms with Gasteiger partial charge in [0.15, 0.2) is 0 Å². The van der Waals surface area contributed by atoms with E-state index in [4.69, 9.17) is 10.6 Å². The lowest BCUT2D eigenvalue weighted by atomic mass is 10.1. The van der Waals surface area contributed by atoms with Crippen molar-refractivity contribution in [2.24, 2.45) is 10.8 Å². The lowest BCUT2D eigenvalue weighted by Crippen LogP contribution is -2.32. The largest absolute Gasteiger partial charge is 0.363 e. The zero-order valence-corrected chi connectivity index (χ0v) is 11.3. The van der Waals surface area contributed by atoms with E-state index in [2.05, 4.69) is 5.10 Å². The first-order valence-electron chi connectivity index (χ1n) is 6.24. The molecule has 0 saturated carbocycles. The van der Waals surface area contributed by atoms with Crippen molar-refractivity contribution in [1.29, 1.82) is 0 Å². The average molecular weight is 304 g/mol. The number of hydrogen-bond donors (Lipinski definition) is 2. The van der Waals surface area contributed by atoms with Gasteiger partial charge in [-0.3, -0.25) is 9.59 Å². The summed E-state index contributed by atoms with van der Waals surface area (Å²) in [6.45, 7) is 0. The van der Waals surface area contributed by atoms with Gasteiger partial charge in [-0.05, 0) is 17.7 Å². The lowest BCUT2D eigenvalue weighted by Gasteiger charge is -2.12. The van der Waals surface area contributed by atoms with Crippen molar-refractivity contribution in [2.45, 2.75) is 12.8 Å². The van der Waals surface area contributed by atoms with Crippen molar-refractivity contribution in [1.82, 2.24) is 10.5 Å². The molecule has 1 aliphatic rings. The average Bonchev–Trinajstić information content (AvgIpc) is 2.79. The molecule has 9 nitrogen and oxygen atoms in total. The van der Waals surface area contributed by atoms with E-state index in [0.29, 0.717) is 10.6 Å². The first-order valence-corrected chi connectivity index (χ1v) is 6.24. The second-order valence-corrected chi connectivity index (χ2v) is 4.32. The summed E-state index contributed by atoms with van der Waals surface area (Å²) in [7, 11) is 0. The van der Waals surface area contributed by atoms with Crippen LogP contribution in [0.15, 0.2) is 29.4 Å². The number of hydroxylamine groups is 2. The molecule has 0 aromatic heterocycles. The highest BCUT2D eigenvalue weighted by Crippen LogP contribution is 2.14. The standard InChI is InChI=1S/C13H12N4O5/c14-13(21)16-15-7-8-2-1-3-9(6-8)12(20)22-17-10(18)4-5-11(17)19/h1-3,6-7H,4-5H2,(H3,14,16,21). The van der Waals surface area contributed by atoms with Crippen LogP contribution in [0.5, 0.6) is 0 Å². The molecule has 1 saturated heterocycles. The van der Waals surface area contributed by atoms with Crippen LogP contribution in [-0.4, -0.2) is 35.1 Å². The first-order chi connectivity index (χ1) is 10.5. The minimum absolute atomic E-state index is 0.0254. The van der Waals surface area contributed by atoms with Gasteiger partial charge in [-0.1, -0.05) is 12.1 Å². The molecular formula is C13H12N4O5. The summed E-state index contributed by atoms with van der Waals surface area (Å²) in [6, 6.07) is 5.22. The Morgan fingerprint density at radius 3 is 2.59 bits per heavy atom. The van der Waals surface area contributed by atoms with Gasteiger partial charge < -0.3 is 10.6 Å². The molecule has 0 spiro atoms.